The number of rotatable bonds is 5. The molecule has 2 aromatic carbocycles. The van der Waals surface area contributed by atoms with E-state index in [1.54, 1.807) is 11.1 Å². The zero-order valence-corrected chi connectivity index (χ0v) is 19.6. The van der Waals surface area contributed by atoms with Gasteiger partial charge in [-0.3, -0.25) is 4.98 Å². The molecule has 164 valence electrons. The molecule has 2 N–H and O–H groups in total. The van der Waals surface area contributed by atoms with E-state index in [1.807, 2.05) is 37.3 Å². The Kier molecular flexibility index (Phi) is 8.00. The fourth-order valence-corrected chi connectivity index (χ4v) is 3.84. The van der Waals surface area contributed by atoms with Crippen molar-refractivity contribution >= 4 is 46.5 Å². The average Bonchev–Trinajstić information content (AvgIpc) is 3.20. The number of aliphatic imine (C=N–C) groups is 1. The molecule has 5 nitrogen and oxygen atoms in total. The van der Waals surface area contributed by atoms with Gasteiger partial charge in [0.05, 0.1) is 12.1 Å². The first-order chi connectivity index (χ1) is 14.7. The number of nitrogens with one attached hydrogen (secondary N) is 2. The topological polar surface area (TPSA) is 52.6 Å². The Balaban J connectivity index is 0.00000272. The highest BCUT2D eigenvalue weighted by Gasteiger charge is 2.27. The fraction of sp³-hybridized carbons (Fsp3) is 0.304. The van der Waals surface area contributed by atoms with Crippen LogP contribution >= 0.6 is 24.0 Å². The molecular weight excluding hydrogens is 511 g/mol. The second-order valence-electron chi connectivity index (χ2n) is 7.33. The normalized spacial score (nSPS) is 16.3. The van der Waals surface area contributed by atoms with Crippen molar-refractivity contribution in [2.45, 2.75) is 25.9 Å². The van der Waals surface area contributed by atoms with E-state index in [9.17, 15) is 8.78 Å². The maximum atomic E-state index is 14.1. The van der Waals surface area contributed by atoms with Crippen molar-refractivity contribution in [1.29, 1.82) is 0 Å². The van der Waals surface area contributed by atoms with Crippen LogP contribution in [0.4, 0.5) is 14.5 Å². The van der Waals surface area contributed by atoms with Crippen molar-refractivity contribution in [3.8, 4) is 0 Å². The number of hydrogen-bond acceptors (Lipinski definition) is 3. The van der Waals surface area contributed by atoms with Crippen molar-refractivity contribution < 1.29 is 8.78 Å². The molecule has 2 heterocycles. The molecule has 0 spiro atoms. The minimum Gasteiger partial charge on any atom is -0.365 e. The summed E-state index contributed by atoms with van der Waals surface area (Å²) in [4.78, 5) is 10.9. The summed E-state index contributed by atoms with van der Waals surface area (Å²) in [5.74, 6) is -0.370. The summed E-state index contributed by atoms with van der Waals surface area (Å²) >= 11 is 0. The van der Waals surface area contributed by atoms with Crippen LogP contribution in [-0.2, 0) is 6.54 Å². The number of guanidine groups is 1. The van der Waals surface area contributed by atoms with Gasteiger partial charge < -0.3 is 15.5 Å². The number of pyridine rings is 1. The van der Waals surface area contributed by atoms with Gasteiger partial charge >= 0.3 is 0 Å². The maximum absolute atomic E-state index is 14.1. The number of benzene rings is 2. The second kappa shape index (κ2) is 10.7. The maximum Gasteiger partial charge on any atom is 0.191 e. The van der Waals surface area contributed by atoms with Crippen LogP contribution in [0.15, 0.2) is 59.7 Å². The van der Waals surface area contributed by atoms with Crippen molar-refractivity contribution in [1.82, 2.24) is 15.6 Å². The summed E-state index contributed by atoms with van der Waals surface area (Å²) in [6.45, 7) is 4.31. The molecule has 1 saturated heterocycles. The molecule has 0 aliphatic carbocycles. The standard InChI is InChI=1S/C23H25F2N5.HI/c1-2-26-23(28-14-17-7-3-6-16-8-5-12-27-21(16)17)29-18-11-13-30(15-18)22-19(24)9-4-10-20(22)25;/h3-10,12,18H,2,11,13-15H2,1H3,(H2,26,28,29);1H. The molecule has 1 atom stereocenters. The van der Waals surface area contributed by atoms with Crippen LogP contribution < -0.4 is 15.5 Å². The van der Waals surface area contributed by atoms with E-state index in [0.29, 0.717) is 25.6 Å². The van der Waals surface area contributed by atoms with Crippen molar-refractivity contribution in [3.63, 3.8) is 0 Å². The highest BCUT2D eigenvalue weighted by molar-refractivity contribution is 14.0. The van der Waals surface area contributed by atoms with Gasteiger partial charge in [-0.1, -0.05) is 30.3 Å². The van der Waals surface area contributed by atoms with Crippen molar-refractivity contribution in [2.75, 3.05) is 24.5 Å². The Morgan fingerprint density at radius 3 is 2.65 bits per heavy atom. The van der Waals surface area contributed by atoms with Crippen LogP contribution in [0.25, 0.3) is 10.9 Å². The van der Waals surface area contributed by atoms with Crippen molar-refractivity contribution in [2.24, 2.45) is 4.99 Å². The van der Waals surface area contributed by atoms with Gasteiger partial charge in [0.15, 0.2) is 5.96 Å². The average molecular weight is 537 g/mol. The van der Waals surface area contributed by atoms with Gasteiger partial charge in [-0.05, 0) is 37.1 Å². The summed E-state index contributed by atoms with van der Waals surface area (Å²) in [5.41, 5.74) is 2.04. The third-order valence-corrected chi connectivity index (χ3v) is 5.25. The molecule has 8 heteroatoms. The molecular formula is C23H26F2IN5. The second-order valence-corrected chi connectivity index (χ2v) is 7.33. The Labute approximate surface area is 198 Å². The smallest absolute Gasteiger partial charge is 0.191 e. The van der Waals surface area contributed by atoms with E-state index in [2.05, 4.69) is 15.6 Å². The molecule has 0 saturated carbocycles. The first kappa shape index (κ1) is 23.2. The molecule has 3 aromatic rings. The van der Waals surface area contributed by atoms with Gasteiger partial charge in [0.2, 0.25) is 0 Å². The third kappa shape index (κ3) is 5.41. The number of para-hydroxylation sites is 2. The summed E-state index contributed by atoms with van der Waals surface area (Å²) in [6, 6.07) is 14.1. The van der Waals surface area contributed by atoms with Gasteiger partial charge in [0, 0.05) is 37.3 Å². The van der Waals surface area contributed by atoms with Crippen LogP contribution in [0.2, 0.25) is 0 Å². The summed E-state index contributed by atoms with van der Waals surface area (Å²) in [6.07, 6.45) is 2.56. The van der Waals surface area contributed by atoms with E-state index in [-0.39, 0.29) is 35.7 Å². The zero-order chi connectivity index (χ0) is 20.9. The lowest BCUT2D eigenvalue weighted by atomic mass is 10.1. The van der Waals surface area contributed by atoms with Crippen LogP contribution in [0.1, 0.15) is 18.9 Å². The number of anilines is 1. The van der Waals surface area contributed by atoms with Crippen molar-refractivity contribution in [3.05, 3.63) is 71.9 Å². The summed E-state index contributed by atoms with van der Waals surface area (Å²) in [5, 5.41) is 7.75. The van der Waals surface area contributed by atoms with Gasteiger partial charge in [-0.25, -0.2) is 13.8 Å². The van der Waals surface area contributed by atoms with Gasteiger partial charge in [-0.2, -0.15) is 0 Å². The summed E-state index contributed by atoms with van der Waals surface area (Å²) in [7, 11) is 0. The SMILES string of the molecule is CCNC(=NCc1cccc2cccnc12)NC1CCN(c2c(F)cccc2F)C1.I. The first-order valence-corrected chi connectivity index (χ1v) is 10.2. The Hall–Kier alpha value is -2.49. The Morgan fingerprint density at radius 2 is 1.87 bits per heavy atom. The molecule has 1 aliphatic heterocycles. The highest BCUT2D eigenvalue weighted by atomic mass is 127. The van der Waals surface area contributed by atoms with E-state index in [4.69, 9.17) is 4.99 Å². The molecule has 1 aromatic heterocycles. The quantitative estimate of drug-likeness (QED) is 0.287. The number of halogens is 3. The first-order valence-electron chi connectivity index (χ1n) is 10.2. The zero-order valence-electron chi connectivity index (χ0n) is 17.3. The fourth-order valence-electron chi connectivity index (χ4n) is 3.84. The third-order valence-electron chi connectivity index (χ3n) is 5.25. The molecule has 31 heavy (non-hydrogen) atoms. The number of nitrogens with zero attached hydrogens (tertiary/aromatic N) is 3. The van der Waals surface area contributed by atoms with Gasteiger partial charge in [-0.15, -0.1) is 24.0 Å². The van der Waals surface area contributed by atoms with Crippen LogP contribution in [-0.4, -0.2) is 36.6 Å². The number of fused-ring (bicyclic) bond motifs is 1. The molecule has 1 unspecified atom stereocenters. The number of aromatic nitrogens is 1. The largest absolute Gasteiger partial charge is 0.365 e. The van der Waals surface area contributed by atoms with E-state index >= 15 is 0 Å². The Morgan fingerprint density at radius 1 is 1.13 bits per heavy atom. The molecule has 1 fully saturated rings. The lowest BCUT2D eigenvalue weighted by Crippen LogP contribution is -2.44. The minimum atomic E-state index is -0.528. The number of hydrogen-bond donors (Lipinski definition) is 2. The van der Waals surface area contributed by atoms with E-state index in [0.717, 1.165) is 29.4 Å². The monoisotopic (exact) mass is 537 g/mol. The molecule has 4 rings (SSSR count). The summed E-state index contributed by atoms with van der Waals surface area (Å²) < 4.78 is 28.2. The predicted molar refractivity (Wildman–Crippen MR) is 132 cm³/mol. The van der Waals surface area contributed by atoms with Crippen LogP contribution in [0.3, 0.4) is 0 Å². The predicted octanol–water partition coefficient (Wildman–Crippen LogP) is 4.47. The molecule has 0 amide bonds. The van der Waals surface area contributed by atoms with Crippen LogP contribution in [0, 0.1) is 11.6 Å². The van der Waals surface area contributed by atoms with Crippen LogP contribution in [0.5, 0.6) is 0 Å². The Bertz CT molecular complexity index is 1030. The van der Waals surface area contributed by atoms with E-state index < -0.39 is 11.6 Å². The van der Waals surface area contributed by atoms with E-state index in [1.165, 1.54) is 18.2 Å². The lowest BCUT2D eigenvalue weighted by molar-refractivity contribution is 0.576. The van der Waals surface area contributed by atoms with Gasteiger partial charge in [0.1, 0.15) is 17.3 Å². The minimum absolute atomic E-state index is 0. The molecule has 0 radical (unpaired) electrons. The van der Waals surface area contributed by atoms with Gasteiger partial charge in [0.25, 0.3) is 0 Å². The molecule has 1 aliphatic rings. The molecule has 0 bridgehead atoms. The lowest BCUT2D eigenvalue weighted by Gasteiger charge is -2.21. The highest BCUT2D eigenvalue weighted by Crippen LogP contribution is 2.26.